The highest BCUT2D eigenvalue weighted by molar-refractivity contribution is 5.85. The summed E-state index contributed by atoms with van der Waals surface area (Å²) in [6, 6.07) is 1.90. The van der Waals surface area contributed by atoms with Gasteiger partial charge in [0.25, 0.3) is 5.56 Å². The SMILES string of the molecule is COCCn1cc(C2CC2)cc(Nc2nc3ncc(O/C(=C/N)c4cnccn4)c(OC)c3n2C)c1=O. The fourth-order valence-electron chi connectivity index (χ4n) is 4.09. The van der Waals surface area contributed by atoms with Gasteiger partial charge in [0.05, 0.1) is 26.1 Å². The topological polar surface area (TPSA) is 144 Å². The van der Waals surface area contributed by atoms with Gasteiger partial charge in [0.2, 0.25) is 5.95 Å². The smallest absolute Gasteiger partial charge is 0.274 e. The molecule has 37 heavy (non-hydrogen) atoms. The van der Waals surface area contributed by atoms with Crippen molar-refractivity contribution < 1.29 is 14.2 Å². The minimum atomic E-state index is -0.154. The molecule has 0 amide bonds. The fourth-order valence-corrected chi connectivity index (χ4v) is 4.09. The van der Waals surface area contributed by atoms with Gasteiger partial charge in [-0.15, -0.1) is 0 Å². The number of nitrogens with zero attached hydrogens (tertiary/aromatic N) is 6. The Hall–Kier alpha value is -4.45. The summed E-state index contributed by atoms with van der Waals surface area (Å²) < 4.78 is 20.3. The second-order valence-corrected chi connectivity index (χ2v) is 8.62. The van der Waals surface area contributed by atoms with Crippen molar-refractivity contribution >= 4 is 28.6 Å². The van der Waals surface area contributed by atoms with Crippen LogP contribution in [-0.4, -0.2) is 49.9 Å². The molecule has 0 spiro atoms. The molecular formula is C25H28N8O4. The Labute approximate surface area is 212 Å². The first kappa shape index (κ1) is 24.3. The third-order valence-electron chi connectivity index (χ3n) is 6.15. The zero-order chi connectivity index (χ0) is 25.9. The Kier molecular flexibility index (Phi) is 6.73. The van der Waals surface area contributed by atoms with E-state index in [0.29, 0.717) is 64.8 Å². The van der Waals surface area contributed by atoms with Crippen LogP contribution < -0.4 is 26.1 Å². The summed E-state index contributed by atoms with van der Waals surface area (Å²) in [5, 5.41) is 3.21. The van der Waals surface area contributed by atoms with Crippen molar-refractivity contribution in [1.29, 1.82) is 0 Å². The number of aryl methyl sites for hydroxylation is 1. The molecule has 0 aromatic carbocycles. The van der Waals surface area contributed by atoms with E-state index in [9.17, 15) is 4.79 Å². The van der Waals surface area contributed by atoms with E-state index in [2.05, 4.69) is 25.3 Å². The molecule has 1 aliphatic carbocycles. The molecular weight excluding hydrogens is 476 g/mol. The lowest BCUT2D eigenvalue weighted by Gasteiger charge is -2.14. The van der Waals surface area contributed by atoms with Crippen LogP contribution in [0.3, 0.4) is 0 Å². The molecule has 12 heteroatoms. The highest BCUT2D eigenvalue weighted by atomic mass is 16.5. The van der Waals surface area contributed by atoms with Gasteiger partial charge < -0.3 is 34.4 Å². The summed E-state index contributed by atoms with van der Waals surface area (Å²) in [6.45, 7) is 0.906. The Bertz CT molecular complexity index is 1510. The number of aromatic nitrogens is 6. The van der Waals surface area contributed by atoms with E-state index in [1.807, 2.05) is 19.3 Å². The molecule has 5 rings (SSSR count). The molecule has 0 atom stereocenters. The quantitative estimate of drug-likeness (QED) is 0.309. The largest absolute Gasteiger partial charge is 0.491 e. The lowest BCUT2D eigenvalue weighted by Crippen LogP contribution is -2.25. The van der Waals surface area contributed by atoms with Gasteiger partial charge in [-0.05, 0) is 30.4 Å². The average Bonchev–Trinajstić information content (AvgIpc) is 3.73. The number of nitrogens with one attached hydrogen (secondary N) is 1. The van der Waals surface area contributed by atoms with Crippen LogP contribution in [0, 0.1) is 0 Å². The maximum absolute atomic E-state index is 13.2. The van der Waals surface area contributed by atoms with Crippen LogP contribution in [0.25, 0.3) is 16.9 Å². The lowest BCUT2D eigenvalue weighted by molar-refractivity contribution is 0.186. The number of pyridine rings is 2. The maximum atomic E-state index is 13.2. The number of hydrogen-bond acceptors (Lipinski definition) is 10. The van der Waals surface area contributed by atoms with Gasteiger partial charge in [-0.25, -0.2) is 9.97 Å². The third kappa shape index (κ3) is 4.83. The van der Waals surface area contributed by atoms with Crippen LogP contribution in [-0.2, 0) is 18.3 Å². The first-order chi connectivity index (χ1) is 18.0. The molecule has 0 unspecified atom stereocenters. The number of hydrogen-bond donors (Lipinski definition) is 2. The predicted molar refractivity (Wildman–Crippen MR) is 138 cm³/mol. The summed E-state index contributed by atoms with van der Waals surface area (Å²) in [5.41, 5.74) is 8.65. The Balaban J connectivity index is 1.52. The van der Waals surface area contributed by atoms with Crippen molar-refractivity contribution in [3.05, 3.63) is 64.9 Å². The van der Waals surface area contributed by atoms with Crippen LogP contribution in [0.1, 0.15) is 30.0 Å². The van der Waals surface area contributed by atoms with E-state index in [-0.39, 0.29) is 5.56 Å². The summed E-state index contributed by atoms with van der Waals surface area (Å²) >= 11 is 0. The van der Waals surface area contributed by atoms with Crippen LogP contribution >= 0.6 is 0 Å². The Morgan fingerprint density at radius 1 is 1.24 bits per heavy atom. The molecule has 192 valence electrons. The van der Waals surface area contributed by atoms with Crippen molar-refractivity contribution in [3.8, 4) is 11.5 Å². The van der Waals surface area contributed by atoms with E-state index in [0.717, 1.165) is 18.4 Å². The average molecular weight is 505 g/mol. The van der Waals surface area contributed by atoms with Crippen LogP contribution in [0.2, 0.25) is 0 Å². The van der Waals surface area contributed by atoms with Crippen molar-refractivity contribution in [2.75, 3.05) is 26.1 Å². The number of imidazole rings is 1. The van der Waals surface area contributed by atoms with Gasteiger partial charge in [-0.1, -0.05) is 0 Å². The highest BCUT2D eigenvalue weighted by Crippen LogP contribution is 2.41. The van der Waals surface area contributed by atoms with E-state index >= 15 is 0 Å². The van der Waals surface area contributed by atoms with Gasteiger partial charge in [0.15, 0.2) is 22.9 Å². The lowest BCUT2D eigenvalue weighted by atomic mass is 10.2. The molecule has 0 bridgehead atoms. The van der Waals surface area contributed by atoms with Crippen molar-refractivity contribution in [3.63, 3.8) is 0 Å². The summed E-state index contributed by atoms with van der Waals surface area (Å²) in [7, 11) is 4.96. The molecule has 1 saturated carbocycles. The van der Waals surface area contributed by atoms with E-state index in [4.69, 9.17) is 19.9 Å². The monoisotopic (exact) mass is 504 g/mol. The summed E-state index contributed by atoms with van der Waals surface area (Å²) in [4.78, 5) is 30.5. The number of rotatable bonds is 10. The molecule has 1 fully saturated rings. The Morgan fingerprint density at radius 3 is 2.76 bits per heavy atom. The minimum Gasteiger partial charge on any atom is -0.491 e. The van der Waals surface area contributed by atoms with Crippen LogP contribution in [0.4, 0.5) is 11.6 Å². The third-order valence-corrected chi connectivity index (χ3v) is 6.15. The minimum absolute atomic E-state index is 0.154. The molecule has 12 nitrogen and oxygen atoms in total. The fraction of sp³-hybridized carbons (Fsp3) is 0.320. The molecule has 0 saturated heterocycles. The number of nitrogens with two attached hydrogens (primary N) is 1. The van der Waals surface area contributed by atoms with Crippen molar-refractivity contribution in [2.24, 2.45) is 12.8 Å². The standard InChI is InChI=1S/C25H28N8O4/c1-32-21-22(36-3)20(37-19(11-26)18-12-27-6-7-28-18)13-29-23(21)31-25(32)30-17-10-16(15-4-5-15)14-33(24(17)34)8-9-35-2/h6-7,10-15H,4-5,8-9,26H2,1-3H3,(H,29,30,31)/b19-11+. The van der Waals surface area contributed by atoms with Gasteiger partial charge in [0.1, 0.15) is 16.9 Å². The molecule has 0 radical (unpaired) electrons. The second-order valence-electron chi connectivity index (χ2n) is 8.62. The molecule has 4 heterocycles. The molecule has 4 aromatic rings. The zero-order valence-electron chi connectivity index (χ0n) is 20.8. The van der Waals surface area contributed by atoms with Gasteiger partial charge >= 0.3 is 0 Å². The molecule has 4 aromatic heterocycles. The number of methoxy groups -OCH3 is 2. The molecule has 3 N–H and O–H groups in total. The maximum Gasteiger partial charge on any atom is 0.274 e. The van der Waals surface area contributed by atoms with E-state index < -0.39 is 0 Å². The highest BCUT2D eigenvalue weighted by Gasteiger charge is 2.26. The van der Waals surface area contributed by atoms with E-state index in [1.54, 1.807) is 34.8 Å². The normalized spacial score (nSPS) is 13.6. The number of fused-ring (bicyclic) bond motifs is 1. The number of anilines is 2. The van der Waals surface area contributed by atoms with E-state index in [1.165, 1.54) is 19.5 Å². The Morgan fingerprint density at radius 2 is 2.08 bits per heavy atom. The zero-order valence-corrected chi connectivity index (χ0v) is 20.8. The predicted octanol–water partition coefficient (Wildman–Crippen LogP) is 2.53. The number of ether oxygens (including phenoxy) is 3. The van der Waals surface area contributed by atoms with Gasteiger partial charge in [0, 0.05) is 45.5 Å². The van der Waals surface area contributed by atoms with Gasteiger partial charge in [-0.2, -0.15) is 4.98 Å². The van der Waals surface area contributed by atoms with Crippen LogP contribution in [0.15, 0.2) is 48.0 Å². The summed E-state index contributed by atoms with van der Waals surface area (Å²) in [6.07, 6.45) is 11.6. The summed E-state index contributed by atoms with van der Waals surface area (Å²) in [5.74, 6) is 1.92. The van der Waals surface area contributed by atoms with Crippen LogP contribution in [0.5, 0.6) is 11.5 Å². The first-order valence-corrected chi connectivity index (χ1v) is 11.8. The van der Waals surface area contributed by atoms with Crippen molar-refractivity contribution in [1.82, 2.24) is 29.1 Å². The van der Waals surface area contributed by atoms with Gasteiger partial charge in [-0.3, -0.25) is 9.78 Å². The molecule has 1 aliphatic rings. The first-order valence-electron chi connectivity index (χ1n) is 11.8. The molecule has 0 aliphatic heterocycles. The van der Waals surface area contributed by atoms with Crippen molar-refractivity contribution in [2.45, 2.75) is 25.3 Å². The second kappa shape index (κ2) is 10.3.